The monoisotopic (exact) mass is 763 g/mol. The Hall–Kier alpha value is -2.68. The van der Waals surface area contributed by atoms with Crippen molar-refractivity contribution >= 4 is 23.8 Å². The first-order valence-corrected chi connectivity index (χ1v) is 22.2. The number of aliphatic hydroxyl groups is 1. The third kappa shape index (κ3) is 36.3. The molecule has 9 heteroatoms. The maximum Gasteiger partial charge on any atom is 0.328 e. The summed E-state index contributed by atoms with van der Waals surface area (Å²) in [6.45, 7) is 3.38. The number of allylic oxidation sites excluding steroid dienone is 3. The molecular formula is C45H82N2O7. The molecule has 0 rings (SSSR count). The summed E-state index contributed by atoms with van der Waals surface area (Å²) in [6, 6.07) is -1.39. The lowest BCUT2D eigenvalue weighted by molar-refractivity contribution is -0.147. The van der Waals surface area contributed by atoms with Gasteiger partial charge in [-0.15, -0.1) is 0 Å². The number of aliphatic hydroxyl groups excluding tert-OH is 1. The fourth-order valence-electron chi connectivity index (χ4n) is 6.43. The molecule has 0 aliphatic rings. The van der Waals surface area contributed by atoms with Crippen molar-refractivity contribution in [1.82, 2.24) is 10.6 Å². The van der Waals surface area contributed by atoms with Gasteiger partial charge in [0.15, 0.2) is 0 Å². The number of aliphatic carboxylic acids is 1. The Morgan fingerprint density at radius 3 is 1.54 bits per heavy atom. The van der Waals surface area contributed by atoms with Crippen LogP contribution in [0.3, 0.4) is 0 Å². The van der Waals surface area contributed by atoms with Crippen LogP contribution in [0.15, 0.2) is 24.3 Å². The molecule has 0 fully saturated rings. The number of unbranched alkanes of at least 4 members (excludes halogenated alkanes) is 24. The number of nitrogens with one attached hydrogen (secondary N) is 2. The molecule has 0 saturated carbocycles. The highest BCUT2D eigenvalue weighted by molar-refractivity contribution is 5.87. The first kappa shape index (κ1) is 51.3. The van der Waals surface area contributed by atoms with Gasteiger partial charge in [-0.25, -0.2) is 4.79 Å². The van der Waals surface area contributed by atoms with Crippen molar-refractivity contribution in [3.05, 3.63) is 24.3 Å². The van der Waals surface area contributed by atoms with Crippen LogP contribution in [0.1, 0.15) is 213 Å². The number of carbonyl (C=O) groups excluding carboxylic acids is 3. The smallest absolute Gasteiger partial charge is 0.328 e. The number of carboxylic acid groups (broad SMARTS) is 1. The number of hydrogen-bond acceptors (Lipinski definition) is 6. The van der Waals surface area contributed by atoms with Crippen LogP contribution in [0.2, 0.25) is 0 Å². The molecule has 0 aromatic rings. The Bertz CT molecular complexity index is 968. The number of hydrogen-bond donors (Lipinski definition) is 4. The molecule has 0 bridgehead atoms. The summed E-state index contributed by atoms with van der Waals surface area (Å²) in [5, 5.41) is 22.5. The molecule has 4 N–H and O–H groups in total. The van der Waals surface area contributed by atoms with Crippen molar-refractivity contribution in [2.45, 2.75) is 225 Å². The molecule has 9 nitrogen and oxygen atoms in total. The normalized spacial score (nSPS) is 12.6. The van der Waals surface area contributed by atoms with E-state index in [0.29, 0.717) is 12.8 Å². The fraction of sp³-hybridized carbons (Fsp3) is 0.822. The van der Waals surface area contributed by atoms with Crippen LogP contribution >= 0.6 is 0 Å². The van der Waals surface area contributed by atoms with Gasteiger partial charge in [-0.05, 0) is 63.9 Å². The summed E-state index contributed by atoms with van der Waals surface area (Å²) in [7, 11) is 0. The Balaban J connectivity index is 3.88. The Kier molecular flexibility index (Phi) is 38.0. The molecule has 0 aliphatic carbocycles. The summed E-state index contributed by atoms with van der Waals surface area (Å²) in [6.07, 6.45) is 44.1. The number of esters is 1. The van der Waals surface area contributed by atoms with Crippen molar-refractivity contribution in [1.29, 1.82) is 0 Å². The topological polar surface area (TPSA) is 142 Å². The average Bonchev–Trinajstić information content (AvgIpc) is 3.16. The van der Waals surface area contributed by atoms with E-state index in [1.54, 1.807) is 0 Å². The lowest BCUT2D eigenvalue weighted by Crippen LogP contribution is -2.47. The molecule has 0 radical (unpaired) electrons. The van der Waals surface area contributed by atoms with E-state index in [4.69, 9.17) is 14.9 Å². The summed E-state index contributed by atoms with van der Waals surface area (Å²) in [4.78, 5) is 47.3. The molecule has 0 spiro atoms. The van der Waals surface area contributed by atoms with Crippen LogP contribution < -0.4 is 10.6 Å². The molecule has 314 valence electrons. The summed E-state index contributed by atoms with van der Waals surface area (Å²) in [5.41, 5.74) is 0. The van der Waals surface area contributed by atoms with Gasteiger partial charge >= 0.3 is 11.9 Å². The third-order valence-electron chi connectivity index (χ3n) is 9.91. The van der Waals surface area contributed by atoms with E-state index in [0.717, 1.165) is 57.8 Å². The predicted octanol–water partition coefficient (Wildman–Crippen LogP) is 10.8. The van der Waals surface area contributed by atoms with E-state index in [-0.39, 0.29) is 30.9 Å². The first-order valence-electron chi connectivity index (χ1n) is 22.2. The van der Waals surface area contributed by atoms with E-state index in [1.165, 1.54) is 122 Å². The molecule has 0 aliphatic heterocycles. The van der Waals surface area contributed by atoms with Crippen molar-refractivity contribution in [3.63, 3.8) is 0 Å². The molecular weight excluding hydrogens is 681 g/mol. The minimum atomic E-state index is -1.39. The third-order valence-corrected chi connectivity index (χ3v) is 9.91. The molecule has 2 atom stereocenters. The van der Waals surface area contributed by atoms with Crippen LogP contribution in [-0.4, -0.2) is 59.3 Å². The number of ether oxygens (including phenoxy) is 1. The van der Waals surface area contributed by atoms with Gasteiger partial charge in [-0.2, -0.15) is 0 Å². The molecule has 54 heavy (non-hydrogen) atoms. The largest absolute Gasteiger partial charge is 0.480 e. The highest BCUT2D eigenvalue weighted by Gasteiger charge is 2.18. The lowest BCUT2D eigenvalue weighted by atomic mass is 10.0. The highest BCUT2D eigenvalue weighted by atomic mass is 16.5. The molecule has 2 unspecified atom stereocenters. The second-order valence-corrected chi connectivity index (χ2v) is 15.1. The van der Waals surface area contributed by atoms with E-state index >= 15 is 0 Å². The maximum atomic E-state index is 12.6. The number of carboxylic acids is 1. The van der Waals surface area contributed by atoms with Gasteiger partial charge in [0.05, 0.1) is 13.2 Å². The predicted molar refractivity (Wildman–Crippen MR) is 222 cm³/mol. The number of rotatable bonds is 40. The quantitative estimate of drug-likeness (QED) is 0.0276. The minimum Gasteiger partial charge on any atom is -0.480 e. The van der Waals surface area contributed by atoms with Gasteiger partial charge in [0.25, 0.3) is 0 Å². The van der Waals surface area contributed by atoms with Crippen LogP contribution in [0, 0.1) is 0 Å². The Labute approximate surface area is 330 Å². The lowest BCUT2D eigenvalue weighted by Gasteiger charge is -2.15. The van der Waals surface area contributed by atoms with Crippen molar-refractivity contribution < 1.29 is 34.1 Å². The van der Waals surface area contributed by atoms with E-state index in [1.807, 2.05) is 6.08 Å². The maximum absolute atomic E-state index is 12.6. The van der Waals surface area contributed by atoms with Crippen LogP contribution in [0.4, 0.5) is 0 Å². The second-order valence-electron chi connectivity index (χ2n) is 15.1. The molecule has 0 saturated heterocycles. The van der Waals surface area contributed by atoms with Gasteiger partial charge < -0.3 is 25.6 Å². The average molecular weight is 763 g/mol. The highest BCUT2D eigenvalue weighted by Crippen LogP contribution is 2.16. The zero-order valence-electron chi connectivity index (χ0n) is 34.7. The zero-order chi connectivity index (χ0) is 39.7. The Morgan fingerprint density at radius 1 is 0.556 bits per heavy atom. The van der Waals surface area contributed by atoms with Crippen LogP contribution in [0.5, 0.6) is 0 Å². The molecule has 2 amide bonds. The van der Waals surface area contributed by atoms with Gasteiger partial charge in [0, 0.05) is 12.8 Å². The van der Waals surface area contributed by atoms with E-state index < -0.39 is 24.5 Å². The van der Waals surface area contributed by atoms with E-state index in [2.05, 4.69) is 42.7 Å². The minimum absolute atomic E-state index is 0.117. The van der Waals surface area contributed by atoms with Crippen molar-refractivity contribution in [3.8, 4) is 0 Å². The summed E-state index contributed by atoms with van der Waals surface area (Å²) >= 11 is 0. The second kappa shape index (κ2) is 40.0. The zero-order valence-corrected chi connectivity index (χ0v) is 34.7. The SMILES string of the molecule is CCCC/C=C\C(CCCCCCC(=O)NCC(=O)NC(CO)C(=O)O)OC(=O)CCCCCCCCCCCCC/C=C\CCCCCCCCCC. The first-order chi connectivity index (χ1) is 26.3. The standard InChI is InChI=1S/C45H82N2O7/c1-3-5-7-9-10-11-12-13-14-15-16-17-18-19-20-21-22-23-24-25-26-27-33-37-44(51)54-40(34-30-8-6-4-2)35-31-28-29-32-36-42(49)46-38-43(50)47-41(39-48)45(52)53/h15-16,30,34,40-41,48H,3-14,17-29,31-33,35-39H2,1-2H3,(H,46,49)(H,47,50)(H,52,53)/b16-15-,34-30-. The van der Waals surface area contributed by atoms with Crippen LogP contribution in [-0.2, 0) is 23.9 Å². The number of amides is 2. The van der Waals surface area contributed by atoms with Gasteiger partial charge in [0.1, 0.15) is 12.1 Å². The van der Waals surface area contributed by atoms with Gasteiger partial charge in [0.2, 0.25) is 11.8 Å². The van der Waals surface area contributed by atoms with Crippen LogP contribution in [0.25, 0.3) is 0 Å². The van der Waals surface area contributed by atoms with Gasteiger partial charge in [-0.3, -0.25) is 14.4 Å². The molecule has 0 heterocycles. The summed E-state index contributed by atoms with van der Waals surface area (Å²) < 4.78 is 5.85. The van der Waals surface area contributed by atoms with Crippen molar-refractivity contribution in [2.24, 2.45) is 0 Å². The van der Waals surface area contributed by atoms with Crippen molar-refractivity contribution in [2.75, 3.05) is 13.2 Å². The van der Waals surface area contributed by atoms with Gasteiger partial charge in [-0.1, -0.05) is 160 Å². The number of carbonyl (C=O) groups is 4. The molecule has 0 aromatic carbocycles. The molecule has 0 aromatic heterocycles. The Morgan fingerprint density at radius 2 is 1.02 bits per heavy atom. The summed E-state index contributed by atoms with van der Waals surface area (Å²) in [5.74, 6) is -2.40. The van der Waals surface area contributed by atoms with E-state index in [9.17, 15) is 19.2 Å². The fourth-order valence-corrected chi connectivity index (χ4v) is 6.43.